The molecule has 22 heavy (non-hydrogen) atoms. The molecule has 6 nitrogen and oxygen atoms in total. The Morgan fingerprint density at radius 3 is 2.86 bits per heavy atom. The number of anilines is 1. The number of hydrogen-bond acceptors (Lipinski definition) is 5. The predicted molar refractivity (Wildman–Crippen MR) is 90.1 cm³/mol. The van der Waals surface area contributed by atoms with Crippen LogP contribution >= 0.6 is 0 Å². The average molecular weight is 296 g/mol. The number of fused-ring (bicyclic) bond motifs is 1. The second kappa shape index (κ2) is 7.12. The summed E-state index contributed by atoms with van der Waals surface area (Å²) in [5.74, 6) is 1.37. The summed E-state index contributed by atoms with van der Waals surface area (Å²) >= 11 is 0. The Morgan fingerprint density at radius 1 is 1.36 bits per heavy atom. The maximum Gasteiger partial charge on any atom is 0.156 e. The van der Waals surface area contributed by atoms with E-state index in [-0.39, 0.29) is 0 Å². The lowest BCUT2D eigenvalue weighted by molar-refractivity contribution is 0.763. The van der Waals surface area contributed by atoms with E-state index in [0.29, 0.717) is 18.2 Å². The SMILES string of the molecule is C=C/C=C(\C=C)NCc1ccc2nc(NC(=C)NC)cn2n1. The minimum atomic E-state index is 0.589. The molecule has 114 valence electrons. The molecule has 0 saturated heterocycles. The minimum absolute atomic E-state index is 0.589. The molecule has 0 aliphatic rings. The fourth-order valence-electron chi connectivity index (χ4n) is 1.81. The molecular weight excluding hydrogens is 276 g/mol. The molecule has 0 unspecified atom stereocenters. The van der Waals surface area contributed by atoms with Crippen molar-refractivity contribution in [2.75, 3.05) is 12.4 Å². The van der Waals surface area contributed by atoms with Crippen LogP contribution in [-0.2, 0) is 6.54 Å². The maximum atomic E-state index is 4.51. The van der Waals surface area contributed by atoms with Crippen molar-refractivity contribution in [3.63, 3.8) is 0 Å². The van der Waals surface area contributed by atoms with Gasteiger partial charge in [0, 0.05) is 12.7 Å². The van der Waals surface area contributed by atoms with Crippen LogP contribution in [0.5, 0.6) is 0 Å². The van der Waals surface area contributed by atoms with Gasteiger partial charge in [0.2, 0.25) is 0 Å². The third-order valence-corrected chi connectivity index (χ3v) is 2.95. The highest BCUT2D eigenvalue weighted by molar-refractivity contribution is 5.50. The Hall–Kier alpha value is -3.02. The number of allylic oxidation sites excluding steroid dienone is 3. The van der Waals surface area contributed by atoms with Gasteiger partial charge < -0.3 is 16.0 Å². The molecule has 0 atom stereocenters. The molecule has 2 aromatic rings. The number of rotatable bonds is 8. The van der Waals surface area contributed by atoms with Crippen molar-refractivity contribution in [3.8, 4) is 0 Å². The molecule has 0 fully saturated rings. The minimum Gasteiger partial charge on any atom is -0.379 e. The molecule has 0 bridgehead atoms. The van der Waals surface area contributed by atoms with E-state index in [1.807, 2.05) is 24.4 Å². The molecule has 0 saturated carbocycles. The van der Waals surface area contributed by atoms with E-state index in [0.717, 1.165) is 17.0 Å². The van der Waals surface area contributed by atoms with Crippen LogP contribution in [0.2, 0.25) is 0 Å². The van der Waals surface area contributed by atoms with Gasteiger partial charge in [-0.3, -0.25) is 0 Å². The average Bonchev–Trinajstić information content (AvgIpc) is 2.92. The molecule has 0 aromatic carbocycles. The lowest BCUT2D eigenvalue weighted by atomic mass is 10.3. The van der Waals surface area contributed by atoms with E-state index in [2.05, 4.69) is 45.8 Å². The molecule has 0 aliphatic heterocycles. The van der Waals surface area contributed by atoms with E-state index >= 15 is 0 Å². The number of imidazole rings is 1. The highest BCUT2D eigenvalue weighted by atomic mass is 15.3. The normalized spacial score (nSPS) is 11.0. The van der Waals surface area contributed by atoms with Crippen LogP contribution in [0.4, 0.5) is 5.82 Å². The van der Waals surface area contributed by atoms with Crippen LogP contribution in [0, 0.1) is 0 Å². The standard InChI is InChI=1S/C16H20N6/c1-5-7-13(6-2)18-10-14-8-9-16-20-15(11-22(16)21-14)19-12(3)17-4/h5-9,11,17-19H,1-3,10H2,4H3/b13-7+. The van der Waals surface area contributed by atoms with Crippen LogP contribution in [0.15, 0.2) is 67.8 Å². The lowest BCUT2D eigenvalue weighted by Gasteiger charge is -2.06. The van der Waals surface area contributed by atoms with Crippen molar-refractivity contribution in [2.45, 2.75) is 6.54 Å². The van der Waals surface area contributed by atoms with Gasteiger partial charge in [-0.15, -0.1) is 0 Å². The fourth-order valence-corrected chi connectivity index (χ4v) is 1.81. The van der Waals surface area contributed by atoms with Crippen molar-refractivity contribution in [2.24, 2.45) is 0 Å². The Kier molecular flexibility index (Phi) is 4.98. The maximum absolute atomic E-state index is 4.51. The van der Waals surface area contributed by atoms with Crippen LogP contribution in [0.25, 0.3) is 5.65 Å². The molecule has 2 rings (SSSR count). The van der Waals surface area contributed by atoms with E-state index < -0.39 is 0 Å². The van der Waals surface area contributed by atoms with Gasteiger partial charge >= 0.3 is 0 Å². The van der Waals surface area contributed by atoms with E-state index in [4.69, 9.17) is 0 Å². The Bertz CT molecular complexity index is 725. The van der Waals surface area contributed by atoms with E-state index in [1.165, 1.54) is 0 Å². The molecule has 3 N–H and O–H groups in total. The number of hydrogen-bond donors (Lipinski definition) is 3. The van der Waals surface area contributed by atoms with E-state index in [9.17, 15) is 0 Å². The lowest BCUT2D eigenvalue weighted by Crippen LogP contribution is -2.13. The number of nitrogens with one attached hydrogen (secondary N) is 3. The van der Waals surface area contributed by atoms with Gasteiger partial charge in [-0.2, -0.15) is 5.10 Å². The molecular formula is C16H20N6. The molecule has 0 radical (unpaired) electrons. The summed E-state index contributed by atoms with van der Waals surface area (Å²) in [6.45, 7) is 11.8. The molecule has 0 amide bonds. The summed E-state index contributed by atoms with van der Waals surface area (Å²) in [6.07, 6.45) is 7.12. The summed E-state index contributed by atoms with van der Waals surface area (Å²) in [6, 6.07) is 3.85. The van der Waals surface area contributed by atoms with Gasteiger partial charge in [0.05, 0.1) is 24.3 Å². The molecule has 6 heteroatoms. The van der Waals surface area contributed by atoms with Gasteiger partial charge in [-0.1, -0.05) is 25.8 Å². The Morgan fingerprint density at radius 2 is 2.18 bits per heavy atom. The third-order valence-electron chi connectivity index (χ3n) is 2.95. The first-order valence-corrected chi connectivity index (χ1v) is 6.84. The summed E-state index contributed by atoms with van der Waals surface area (Å²) in [5, 5.41) is 13.7. The van der Waals surface area contributed by atoms with Crippen LogP contribution < -0.4 is 16.0 Å². The third kappa shape index (κ3) is 3.76. The van der Waals surface area contributed by atoms with Crippen LogP contribution in [-0.4, -0.2) is 21.6 Å². The van der Waals surface area contributed by atoms with Crippen molar-refractivity contribution < 1.29 is 0 Å². The predicted octanol–water partition coefficient (Wildman–Crippen LogP) is 2.18. The first kappa shape index (κ1) is 15.4. The number of nitrogens with zero attached hydrogens (tertiary/aromatic N) is 3. The topological polar surface area (TPSA) is 66.3 Å². The first-order valence-electron chi connectivity index (χ1n) is 6.84. The number of aromatic nitrogens is 3. The highest BCUT2D eigenvalue weighted by Gasteiger charge is 2.04. The van der Waals surface area contributed by atoms with Crippen LogP contribution in [0.1, 0.15) is 5.69 Å². The second-order valence-electron chi connectivity index (χ2n) is 4.52. The van der Waals surface area contributed by atoms with E-state index in [1.54, 1.807) is 23.7 Å². The first-order chi connectivity index (χ1) is 10.7. The summed E-state index contributed by atoms with van der Waals surface area (Å²) in [5.41, 5.74) is 2.55. The summed E-state index contributed by atoms with van der Waals surface area (Å²) in [7, 11) is 1.79. The van der Waals surface area contributed by atoms with Crippen molar-refractivity contribution in [1.82, 2.24) is 25.2 Å². The van der Waals surface area contributed by atoms with Crippen molar-refractivity contribution in [1.29, 1.82) is 0 Å². The van der Waals surface area contributed by atoms with Crippen LogP contribution in [0.3, 0.4) is 0 Å². The molecule has 0 aliphatic carbocycles. The zero-order valence-corrected chi connectivity index (χ0v) is 12.6. The summed E-state index contributed by atoms with van der Waals surface area (Å²) in [4.78, 5) is 4.41. The van der Waals surface area contributed by atoms with Crippen molar-refractivity contribution >= 4 is 11.5 Å². The monoisotopic (exact) mass is 296 g/mol. The zero-order chi connectivity index (χ0) is 15.9. The molecule has 2 aromatic heterocycles. The van der Waals surface area contributed by atoms with Crippen molar-refractivity contribution in [3.05, 3.63) is 73.5 Å². The Labute approximate surface area is 129 Å². The van der Waals surface area contributed by atoms with Gasteiger partial charge in [-0.05, 0) is 24.3 Å². The van der Waals surface area contributed by atoms with Gasteiger partial charge in [-0.25, -0.2) is 9.50 Å². The highest BCUT2D eigenvalue weighted by Crippen LogP contribution is 2.10. The quantitative estimate of drug-likeness (QED) is 0.652. The zero-order valence-electron chi connectivity index (χ0n) is 12.6. The fraction of sp³-hybridized carbons (Fsp3) is 0.125. The van der Waals surface area contributed by atoms with Gasteiger partial charge in [0.25, 0.3) is 0 Å². The van der Waals surface area contributed by atoms with Gasteiger partial charge in [0.1, 0.15) is 0 Å². The smallest absolute Gasteiger partial charge is 0.156 e. The second-order valence-corrected chi connectivity index (χ2v) is 4.52. The molecule has 0 spiro atoms. The molecule has 2 heterocycles. The van der Waals surface area contributed by atoms with Gasteiger partial charge in [0.15, 0.2) is 11.5 Å². The Balaban J connectivity index is 2.13. The summed E-state index contributed by atoms with van der Waals surface area (Å²) < 4.78 is 1.73. The largest absolute Gasteiger partial charge is 0.379 e.